The van der Waals surface area contributed by atoms with Gasteiger partial charge in [0.15, 0.2) is 0 Å². The molecule has 0 aliphatic rings. The Kier molecular flexibility index (Phi) is 4.46. The first-order chi connectivity index (χ1) is 8.65. The van der Waals surface area contributed by atoms with Crippen LogP contribution in [0.25, 0.3) is 0 Å². The monoisotopic (exact) mass is 282 g/mol. The van der Waals surface area contributed by atoms with Crippen LogP contribution in [-0.4, -0.2) is 16.1 Å². The number of thiazole rings is 1. The number of aryl methyl sites for hydroxylation is 1. The van der Waals surface area contributed by atoms with Crippen LogP contribution in [0.5, 0.6) is 0 Å². The fourth-order valence-electron chi connectivity index (χ4n) is 1.56. The molecule has 0 radical (unpaired) electrons. The third kappa shape index (κ3) is 3.63. The Morgan fingerprint density at radius 2 is 2.17 bits per heavy atom. The van der Waals surface area contributed by atoms with Gasteiger partial charge in [0.05, 0.1) is 17.6 Å². The van der Waals surface area contributed by atoms with E-state index >= 15 is 0 Å². The van der Waals surface area contributed by atoms with Crippen LogP contribution >= 0.6 is 22.7 Å². The zero-order chi connectivity index (χ0) is 13.0. The topological polar surface area (TPSA) is 62.2 Å². The van der Waals surface area contributed by atoms with Crippen molar-refractivity contribution in [3.63, 3.8) is 0 Å². The van der Waals surface area contributed by atoms with E-state index in [2.05, 4.69) is 10.3 Å². The Balaban J connectivity index is 1.82. The van der Waals surface area contributed by atoms with E-state index in [1.54, 1.807) is 22.7 Å². The van der Waals surface area contributed by atoms with Gasteiger partial charge in [-0.2, -0.15) is 0 Å². The molecule has 0 aliphatic heterocycles. The third-order valence-corrected chi connectivity index (χ3v) is 4.49. The highest BCUT2D eigenvalue weighted by molar-refractivity contribution is 7.12. The normalized spacial score (nSPS) is 10.7. The largest absolute Gasteiger partial charge is 0.481 e. The summed E-state index contributed by atoms with van der Waals surface area (Å²) in [7, 11) is 0. The Morgan fingerprint density at radius 1 is 1.39 bits per heavy atom. The number of hydrogen-bond acceptors (Lipinski definition) is 5. The minimum atomic E-state index is -0.781. The molecule has 0 aromatic carbocycles. The maximum atomic E-state index is 10.6. The fraction of sp³-hybridized carbons (Fsp3) is 0.333. The maximum Gasteiger partial charge on any atom is 0.308 e. The number of carboxylic acid groups (broad SMARTS) is 1. The summed E-state index contributed by atoms with van der Waals surface area (Å²) in [5.41, 5.74) is 2.92. The zero-order valence-electron chi connectivity index (χ0n) is 9.97. The molecule has 2 aromatic heterocycles. The van der Waals surface area contributed by atoms with Gasteiger partial charge >= 0.3 is 5.97 Å². The van der Waals surface area contributed by atoms with Gasteiger partial charge in [-0.15, -0.1) is 22.7 Å². The summed E-state index contributed by atoms with van der Waals surface area (Å²) in [5.74, 6) is -0.781. The molecule has 2 heterocycles. The summed E-state index contributed by atoms with van der Waals surface area (Å²) >= 11 is 3.20. The second-order valence-corrected chi connectivity index (χ2v) is 6.10. The van der Waals surface area contributed by atoms with Crippen molar-refractivity contribution in [2.24, 2.45) is 0 Å². The highest BCUT2D eigenvalue weighted by Gasteiger charge is 2.05. The van der Waals surface area contributed by atoms with Gasteiger partial charge in [-0.1, -0.05) is 0 Å². The van der Waals surface area contributed by atoms with Crippen molar-refractivity contribution in [3.05, 3.63) is 38.0 Å². The van der Waals surface area contributed by atoms with Crippen LogP contribution < -0.4 is 5.32 Å². The third-order valence-electron chi connectivity index (χ3n) is 2.47. The van der Waals surface area contributed by atoms with Crippen molar-refractivity contribution in [3.8, 4) is 0 Å². The first-order valence-electron chi connectivity index (χ1n) is 5.54. The van der Waals surface area contributed by atoms with E-state index in [4.69, 9.17) is 5.11 Å². The van der Waals surface area contributed by atoms with Crippen LogP contribution in [0.1, 0.15) is 20.3 Å². The van der Waals surface area contributed by atoms with Gasteiger partial charge in [-0.3, -0.25) is 4.79 Å². The molecule has 2 aromatic rings. The minimum Gasteiger partial charge on any atom is -0.481 e. The van der Waals surface area contributed by atoms with Crippen LogP contribution in [-0.2, 0) is 24.3 Å². The van der Waals surface area contributed by atoms with Crippen LogP contribution in [0.3, 0.4) is 0 Å². The quantitative estimate of drug-likeness (QED) is 0.854. The van der Waals surface area contributed by atoms with E-state index in [0.29, 0.717) is 0 Å². The smallest absolute Gasteiger partial charge is 0.308 e. The molecule has 2 rings (SSSR count). The number of carbonyl (C=O) groups is 1. The fourth-order valence-corrected chi connectivity index (χ4v) is 3.28. The molecular formula is C12H14N2O2S2. The highest BCUT2D eigenvalue weighted by atomic mass is 32.1. The molecule has 2 N–H and O–H groups in total. The van der Waals surface area contributed by atoms with Gasteiger partial charge in [0, 0.05) is 27.7 Å². The average molecular weight is 282 g/mol. The Bertz CT molecular complexity index is 534. The van der Waals surface area contributed by atoms with E-state index in [9.17, 15) is 4.79 Å². The lowest BCUT2D eigenvalue weighted by atomic mass is 10.3. The number of thiophene rings is 1. The van der Waals surface area contributed by atoms with Gasteiger partial charge in [0.1, 0.15) is 0 Å². The molecule has 0 bridgehead atoms. The summed E-state index contributed by atoms with van der Waals surface area (Å²) in [4.78, 5) is 18.1. The lowest BCUT2D eigenvalue weighted by molar-refractivity contribution is -0.136. The van der Waals surface area contributed by atoms with E-state index in [1.165, 1.54) is 4.88 Å². The molecule has 6 heteroatoms. The Labute approximate surface area is 113 Å². The molecular weight excluding hydrogens is 268 g/mol. The van der Waals surface area contributed by atoms with Gasteiger partial charge in [-0.25, -0.2) is 4.98 Å². The molecule has 4 nitrogen and oxygen atoms in total. The average Bonchev–Trinajstić information content (AvgIpc) is 2.89. The molecule has 18 heavy (non-hydrogen) atoms. The predicted octanol–water partition coefficient (Wildman–Crippen LogP) is 2.43. The summed E-state index contributed by atoms with van der Waals surface area (Å²) < 4.78 is 0. The number of rotatable bonds is 6. The van der Waals surface area contributed by atoms with Gasteiger partial charge in [0.2, 0.25) is 0 Å². The molecule has 0 unspecified atom stereocenters. The second kappa shape index (κ2) is 6.08. The molecule has 0 fully saturated rings. The molecule has 0 spiro atoms. The van der Waals surface area contributed by atoms with Gasteiger partial charge in [-0.05, 0) is 19.1 Å². The number of nitrogens with one attached hydrogen (secondary N) is 1. The first-order valence-corrected chi connectivity index (χ1v) is 7.24. The summed E-state index contributed by atoms with van der Waals surface area (Å²) in [5, 5.41) is 12.0. The number of aromatic nitrogens is 1. The molecule has 0 atom stereocenters. The SMILES string of the molecule is Cc1ncsc1CNCc1ccc(CC(=O)O)s1. The summed E-state index contributed by atoms with van der Waals surface area (Å²) in [6.07, 6.45) is 0.110. The van der Waals surface area contributed by atoms with Gasteiger partial charge < -0.3 is 10.4 Å². The zero-order valence-corrected chi connectivity index (χ0v) is 11.6. The minimum absolute atomic E-state index is 0.110. The predicted molar refractivity (Wildman–Crippen MR) is 73.1 cm³/mol. The van der Waals surface area contributed by atoms with E-state index in [-0.39, 0.29) is 6.42 Å². The van der Waals surface area contributed by atoms with E-state index in [1.807, 2.05) is 24.6 Å². The van der Waals surface area contributed by atoms with Crippen molar-refractivity contribution in [1.29, 1.82) is 0 Å². The maximum absolute atomic E-state index is 10.6. The first kappa shape index (κ1) is 13.2. The lowest BCUT2D eigenvalue weighted by Crippen LogP contribution is -2.11. The van der Waals surface area contributed by atoms with Crippen LogP contribution in [0, 0.1) is 6.92 Å². The van der Waals surface area contributed by atoms with Crippen molar-refractivity contribution >= 4 is 28.6 Å². The van der Waals surface area contributed by atoms with E-state index < -0.39 is 5.97 Å². The van der Waals surface area contributed by atoms with Crippen molar-refractivity contribution in [2.75, 3.05) is 0 Å². The standard InChI is InChI=1S/C12H14N2O2S2/c1-8-11(17-7-14-8)6-13-5-10-3-2-9(18-10)4-12(15)16/h2-3,7,13H,4-6H2,1H3,(H,15,16). The van der Waals surface area contributed by atoms with Gasteiger partial charge in [0.25, 0.3) is 0 Å². The highest BCUT2D eigenvalue weighted by Crippen LogP contribution is 2.17. The number of hydrogen-bond donors (Lipinski definition) is 2. The Morgan fingerprint density at radius 3 is 2.83 bits per heavy atom. The van der Waals surface area contributed by atoms with Crippen molar-refractivity contribution in [1.82, 2.24) is 10.3 Å². The molecule has 0 saturated carbocycles. The van der Waals surface area contributed by atoms with E-state index in [0.717, 1.165) is 28.5 Å². The van der Waals surface area contributed by atoms with Crippen LogP contribution in [0.15, 0.2) is 17.6 Å². The molecule has 96 valence electrons. The number of aliphatic carboxylic acids is 1. The van der Waals surface area contributed by atoms with Crippen molar-refractivity contribution in [2.45, 2.75) is 26.4 Å². The number of nitrogens with zero attached hydrogens (tertiary/aromatic N) is 1. The summed E-state index contributed by atoms with van der Waals surface area (Å²) in [6.45, 7) is 3.58. The molecule has 0 amide bonds. The molecule has 0 saturated heterocycles. The van der Waals surface area contributed by atoms with Crippen molar-refractivity contribution < 1.29 is 9.90 Å². The van der Waals surface area contributed by atoms with Crippen LogP contribution in [0.2, 0.25) is 0 Å². The second-order valence-electron chi connectivity index (χ2n) is 3.90. The summed E-state index contributed by atoms with van der Waals surface area (Å²) in [6, 6.07) is 3.86. The Hall–Kier alpha value is -1.24. The lowest BCUT2D eigenvalue weighted by Gasteiger charge is -2.01. The number of carboxylic acids is 1. The molecule has 0 aliphatic carbocycles. The van der Waals surface area contributed by atoms with Crippen LogP contribution in [0.4, 0.5) is 0 Å².